The Morgan fingerprint density at radius 2 is 1.94 bits per heavy atom. The predicted molar refractivity (Wildman–Crippen MR) is 70.2 cm³/mol. The van der Waals surface area contributed by atoms with Gasteiger partial charge in [-0.15, -0.1) is 0 Å². The summed E-state index contributed by atoms with van der Waals surface area (Å²) in [7, 11) is 0. The molecule has 0 saturated heterocycles. The van der Waals surface area contributed by atoms with Gasteiger partial charge in [-0.05, 0) is 42.5 Å². The van der Waals surface area contributed by atoms with Crippen LogP contribution in [0, 0.1) is 0 Å². The van der Waals surface area contributed by atoms with Crippen molar-refractivity contribution in [3.8, 4) is 0 Å². The van der Waals surface area contributed by atoms with E-state index in [4.69, 9.17) is 5.73 Å². The molecule has 1 aromatic rings. The monoisotopic (exact) mass is 211 g/mol. The van der Waals surface area contributed by atoms with E-state index in [-0.39, 0.29) is 0 Å². The predicted octanol–water partition coefficient (Wildman–Crippen LogP) is 3.64. The fourth-order valence-corrected chi connectivity index (χ4v) is 1.79. The number of aryl methyl sites for hydroxylation is 1. The molecule has 0 saturated carbocycles. The van der Waals surface area contributed by atoms with E-state index in [0.29, 0.717) is 0 Å². The van der Waals surface area contributed by atoms with Gasteiger partial charge in [0.05, 0.1) is 0 Å². The third kappa shape index (κ3) is 3.13. The Morgan fingerprint density at radius 1 is 1.12 bits per heavy atom. The summed E-state index contributed by atoms with van der Waals surface area (Å²) in [6.07, 6.45) is 14.1. The lowest BCUT2D eigenvalue weighted by atomic mass is 10.0. The molecule has 16 heavy (non-hydrogen) atoms. The van der Waals surface area contributed by atoms with Gasteiger partial charge in [-0.3, -0.25) is 0 Å². The first kappa shape index (κ1) is 10.7. The van der Waals surface area contributed by atoms with Crippen LogP contribution in [0.25, 0.3) is 0 Å². The minimum atomic E-state index is 0.836. The average Bonchev–Trinajstić information content (AvgIpc) is 2.33. The Bertz CT molecular complexity index is 421. The molecule has 2 rings (SSSR count). The summed E-state index contributed by atoms with van der Waals surface area (Å²) < 4.78 is 0. The Labute approximate surface area is 97.0 Å². The molecular weight excluding hydrogens is 194 g/mol. The number of rotatable bonds is 3. The highest BCUT2D eigenvalue weighted by Gasteiger charge is 1.94. The second-order valence-electron chi connectivity index (χ2n) is 4.05. The molecular formula is C15H17N. The fourth-order valence-electron chi connectivity index (χ4n) is 1.79. The molecule has 2 N–H and O–H groups in total. The van der Waals surface area contributed by atoms with Crippen LogP contribution in [0.2, 0.25) is 0 Å². The van der Waals surface area contributed by atoms with E-state index in [1.54, 1.807) is 0 Å². The number of anilines is 1. The Balaban J connectivity index is 1.86. The summed E-state index contributed by atoms with van der Waals surface area (Å²) in [6.45, 7) is 0. The van der Waals surface area contributed by atoms with Crippen molar-refractivity contribution in [2.24, 2.45) is 0 Å². The fraction of sp³-hybridized carbons (Fsp3) is 0.200. The quantitative estimate of drug-likeness (QED) is 0.759. The van der Waals surface area contributed by atoms with Gasteiger partial charge in [-0.1, -0.05) is 42.5 Å². The maximum Gasteiger partial charge on any atom is 0.0314 e. The zero-order chi connectivity index (χ0) is 11.2. The standard InChI is InChI=1S/C15H17N/c16-15-11-9-14(10-12-15)8-4-7-13-5-2-1-3-6-13/h1-3,5,7,9-12H,4,6,8,16H2. The number of nitrogen functional groups attached to an aromatic ring is 1. The van der Waals surface area contributed by atoms with E-state index in [2.05, 4.69) is 42.5 Å². The van der Waals surface area contributed by atoms with Gasteiger partial charge in [-0.25, -0.2) is 0 Å². The molecule has 0 unspecified atom stereocenters. The van der Waals surface area contributed by atoms with Crippen molar-refractivity contribution in [3.63, 3.8) is 0 Å². The van der Waals surface area contributed by atoms with Crippen molar-refractivity contribution in [1.29, 1.82) is 0 Å². The van der Waals surface area contributed by atoms with E-state index in [9.17, 15) is 0 Å². The van der Waals surface area contributed by atoms with Gasteiger partial charge in [0, 0.05) is 5.69 Å². The van der Waals surface area contributed by atoms with Gasteiger partial charge < -0.3 is 5.73 Å². The van der Waals surface area contributed by atoms with Gasteiger partial charge >= 0.3 is 0 Å². The molecule has 0 heterocycles. The number of hydrogen-bond donors (Lipinski definition) is 1. The molecule has 0 atom stereocenters. The van der Waals surface area contributed by atoms with Gasteiger partial charge in [-0.2, -0.15) is 0 Å². The van der Waals surface area contributed by atoms with Crippen LogP contribution in [-0.4, -0.2) is 0 Å². The van der Waals surface area contributed by atoms with E-state index in [1.807, 2.05) is 12.1 Å². The summed E-state index contributed by atoms with van der Waals surface area (Å²) in [5.41, 5.74) is 9.24. The molecule has 0 aliphatic heterocycles. The van der Waals surface area contributed by atoms with Crippen molar-refractivity contribution < 1.29 is 0 Å². The maximum absolute atomic E-state index is 5.64. The minimum absolute atomic E-state index is 0.836. The lowest BCUT2D eigenvalue weighted by Gasteiger charge is -2.03. The average molecular weight is 211 g/mol. The van der Waals surface area contributed by atoms with Crippen molar-refractivity contribution in [3.05, 3.63) is 65.8 Å². The van der Waals surface area contributed by atoms with E-state index < -0.39 is 0 Å². The molecule has 1 aliphatic rings. The van der Waals surface area contributed by atoms with Gasteiger partial charge in [0.25, 0.3) is 0 Å². The van der Waals surface area contributed by atoms with Crippen LogP contribution in [0.1, 0.15) is 18.4 Å². The van der Waals surface area contributed by atoms with Gasteiger partial charge in [0.1, 0.15) is 0 Å². The van der Waals surface area contributed by atoms with Crippen LogP contribution in [0.15, 0.2) is 60.2 Å². The lowest BCUT2D eigenvalue weighted by Crippen LogP contribution is -1.88. The topological polar surface area (TPSA) is 26.0 Å². The van der Waals surface area contributed by atoms with E-state index in [0.717, 1.165) is 24.9 Å². The summed E-state index contributed by atoms with van der Waals surface area (Å²) in [5.74, 6) is 0. The van der Waals surface area contributed by atoms with Crippen LogP contribution in [0.4, 0.5) is 5.69 Å². The molecule has 1 nitrogen and oxygen atoms in total. The summed E-state index contributed by atoms with van der Waals surface area (Å²) in [5, 5.41) is 0. The zero-order valence-corrected chi connectivity index (χ0v) is 9.39. The number of hydrogen-bond acceptors (Lipinski definition) is 1. The molecule has 0 aromatic heterocycles. The third-order valence-electron chi connectivity index (χ3n) is 2.73. The normalized spacial score (nSPS) is 16.9. The van der Waals surface area contributed by atoms with Crippen LogP contribution >= 0.6 is 0 Å². The van der Waals surface area contributed by atoms with Crippen molar-refractivity contribution in [1.82, 2.24) is 0 Å². The lowest BCUT2D eigenvalue weighted by molar-refractivity contribution is 0.987. The first-order chi connectivity index (χ1) is 7.84. The van der Waals surface area contributed by atoms with Crippen LogP contribution in [0.3, 0.4) is 0 Å². The van der Waals surface area contributed by atoms with Crippen LogP contribution in [0.5, 0.6) is 0 Å². The largest absolute Gasteiger partial charge is 0.399 e. The molecule has 0 spiro atoms. The van der Waals surface area contributed by atoms with Gasteiger partial charge in [0.2, 0.25) is 0 Å². The van der Waals surface area contributed by atoms with Gasteiger partial charge in [0.15, 0.2) is 0 Å². The molecule has 1 heteroatoms. The smallest absolute Gasteiger partial charge is 0.0314 e. The van der Waals surface area contributed by atoms with Crippen molar-refractivity contribution in [2.75, 3.05) is 5.73 Å². The number of benzene rings is 1. The highest BCUT2D eigenvalue weighted by atomic mass is 14.5. The van der Waals surface area contributed by atoms with Crippen LogP contribution < -0.4 is 5.73 Å². The maximum atomic E-state index is 5.64. The molecule has 1 aliphatic carbocycles. The zero-order valence-electron chi connectivity index (χ0n) is 9.39. The summed E-state index contributed by atoms with van der Waals surface area (Å²) in [6, 6.07) is 8.13. The number of nitrogens with two attached hydrogens (primary N) is 1. The van der Waals surface area contributed by atoms with Crippen LogP contribution in [-0.2, 0) is 6.42 Å². The van der Waals surface area contributed by atoms with Crippen molar-refractivity contribution in [2.45, 2.75) is 19.3 Å². The first-order valence-electron chi connectivity index (χ1n) is 5.71. The SMILES string of the molecule is Nc1ccc(CCC=C2C=CC=CC2)cc1. The number of allylic oxidation sites excluding steroid dienone is 6. The summed E-state index contributed by atoms with van der Waals surface area (Å²) >= 11 is 0. The molecule has 0 bridgehead atoms. The van der Waals surface area contributed by atoms with Crippen molar-refractivity contribution >= 4 is 5.69 Å². The Kier molecular flexibility index (Phi) is 3.60. The minimum Gasteiger partial charge on any atom is -0.399 e. The molecule has 82 valence electrons. The highest BCUT2D eigenvalue weighted by molar-refractivity contribution is 5.39. The molecule has 0 amide bonds. The molecule has 0 fully saturated rings. The second kappa shape index (κ2) is 5.36. The highest BCUT2D eigenvalue weighted by Crippen LogP contribution is 2.13. The Morgan fingerprint density at radius 3 is 2.62 bits per heavy atom. The molecule has 1 aromatic carbocycles. The molecule has 0 radical (unpaired) electrons. The van der Waals surface area contributed by atoms with E-state index >= 15 is 0 Å². The first-order valence-corrected chi connectivity index (χ1v) is 5.71. The van der Waals surface area contributed by atoms with E-state index in [1.165, 1.54) is 11.1 Å². The Hall–Kier alpha value is -1.76. The summed E-state index contributed by atoms with van der Waals surface area (Å²) in [4.78, 5) is 0. The third-order valence-corrected chi connectivity index (χ3v) is 2.73. The second-order valence-corrected chi connectivity index (χ2v) is 4.05.